The molecule has 1 atom stereocenters. The zero-order valence-electron chi connectivity index (χ0n) is 11.7. The molecule has 1 aromatic heterocycles. The number of nitrogens with two attached hydrogens (primary N) is 1. The van der Waals surface area contributed by atoms with Gasteiger partial charge in [0.15, 0.2) is 0 Å². The summed E-state index contributed by atoms with van der Waals surface area (Å²) in [5.41, 5.74) is 6.73. The van der Waals surface area contributed by atoms with Crippen molar-refractivity contribution < 1.29 is 14.3 Å². The number of carbonyl (C=O) groups excluding carboxylic acids is 2. The molecule has 0 spiro atoms. The van der Waals surface area contributed by atoms with Gasteiger partial charge in [0.1, 0.15) is 5.00 Å². The molecular formula is C13H20N2O3S. The lowest BCUT2D eigenvalue weighted by Crippen LogP contribution is -2.23. The van der Waals surface area contributed by atoms with Crippen molar-refractivity contribution >= 4 is 28.2 Å². The summed E-state index contributed by atoms with van der Waals surface area (Å²) >= 11 is 1.38. The number of aryl methyl sites for hydroxylation is 1. The molecule has 0 aliphatic carbocycles. The number of amides is 1. The second-order valence-corrected chi connectivity index (χ2v) is 5.67. The highest BCUT2D eigenvalue weighted by Gasteiger charge is 2.22. The Hall–Kier alpha value is -1.40. The van der Waals surface area contributed by atoms with E-state index in [1.807, 2.05) is 20.8 Å². The molecule has 1 amide bonds. The molecule has 1 unspecified atom stereocenters. The number of methoxy groups -OCH3 is 1. The molecule has 106 valence electrons. The first kappa shape index (κ1) is 15.7. The van der Waals surface area contributed by atoms with Crippen LogP contribution in [-0.4, -0.2) is 25.5 Å². The maximum atomic E-state index is 12.0. The average Bonchev–Trinajstić information content (AvgIpc) is 2.64. The monoisotopic (exact) mass is 284 g/mol. The minimum Gasteiger partial charge on any atom is -0.465 e. The number of rotatable bonds is 5. The Morgan fingerprint density at radius 1 is 1.42 bits per heavy atom. The Bertz CT molecular complexity index is 482. The fourth-order valence-electron chi connectivity index (χ4n) is 1.68. The van der Waals surface area contributed by atoms with E-state index >= 15 is 0 Å². The maximum absolute atomic E-state index is 12.0. The van der Waals surface area contributed by atoms with Crippen molar-refractivity contribution in [3.05, 3.63) is 16.0 Å². The Morgan fingerprint density at radius 2 is 2.05 bits per heavy atom. The van der Waals surface area contributed by atoms with E-state index in [-0.39, 0.29) is 11.8 Å². The van der Waals surface area contributed by atoms with Crippen LogP contribution in [0, 0.1) is 19.8 Å². The van der Waals surface area contributed by atoms with Crippen LogP contribution < -0.4 is 11.1 Å². The Balaban J connectivity index is 2.98. The van der Waals surface area contributed by atoms with E-state index in [0.717, 1.165) is 10.4 Å². The van der Waals surface area contributed by atoms with Crippen LogP contribution in [0.4, 0.5) is 5.00 Å². The predicted molar refractivity (Wildman–Crippen MR) is 76.6 cm³/mol. The van der Waals surface area contributed by atoms with Gasteiger partial charge in [-0.15, -0.1) is 11.3 Å². The van der Waals surface area contributed by atoms with Gasteiger partial charge in [-0.3, -0.25) is 4.79 Å². The summed E-state index contributed by atoms with van der Waals surface area (Å²) in [5, 5.41) is 3.35. The second kappa shape index (κ2) is 6.68. The molecule has 1 heterocycles. The first-order valence-electron chi connectivity index (χ1n) is 6.11. The molecule has 6 heteroatoms. The van der Waals surface area contributed by atoms with Crippen LogP contribution in [0.15, 0.2) is 0 Å². The zero-order valence-corrected chi connectivity index (χ0v) is 12.5. The van der Waals surface area contributed by atoms with Crippen LogP contribution in [-0.2, 0) is 9.53 Å². The third-order valence-corrected chi connectivity index (χ3v) is 4.18. The van der Waals surface area contributed by atoms with E-state index in [2.05, 4.69) is 5.32 Å². The number of esters is 1. The predicted octanol–water partition coefficient (Wildman–Crippen LogP) is 2.07. The van der Waals surface area contributed by atoms with Crippen molar-refractivity contribution in [2.75, 3.05) is 19.0 Å². The van der Waals surface area contributed by atoms with Gasteiger partial charge in [-0.05, 0) is 32.4 Å². The minimum absolute atomic E-state index is 0.128. The van der Waals surface area contributed by atoms with Gasteiger partial charge in [-0.1, -0.05) is 6.92 Å². The van der Waals surface area contributed by atoms with Gasteiger partial charge in [-0.2, -0.15) is 0 Å². The lowest BCUT2D eigenvalue weighted by molar-refractivity contribution is -0.119. The number of ether oxygens (including phenoxy) is 1. The quantitative estimate of drug-likeness (QED) is 0.811. The summed E-state index contributed by atoms with van der Waals surface area (Å²) in [6, 6.07) is 0. The molecule has 0 aliphatic rings. The minimum atomic E-state index is -0.427. The molecule has 1 aromatic rings. The van der Waals surface area contributed by atoms with Gasteiger partial charge < -0.3 is 15.8 Å². The normalized spacial score (nSPS) is 12.1. The third kappa shape index (κ3) is 3.54. The lowest BCUT2D eigenvalue weighted by Gasteiger charge is -2.11. The molecule has 5 nitrogen and oxygen atoms in total. The number of anilines is 1. The molecule has 0 aliphatic heterocycles. The molecule has 0 radical (unpaired) electrons. The van der Waals surface area contributed by atoms with Crippen LogP contribution in [0.1, 0.15) is 34.1 Å². The zero-order chi connectivity index (χ0) is 14.6. The third-order valence-electron chi connectivity index (χ3n) is 3.06. The largest absolute Gasteiger partial charge is 0.465 e. The van der Waals surface area contributed by atoms with E-state index in [1.54, 1.807) is 0 Å². The number of thiophene rings is 1. The van der Waals surface area contributed by atoms with Gasteiger partial charge in [0.2, 0.25) is 5.91 Å². The van der Waals surface area contributed by atoms with Crippen LogP contribution >= 0.6 is 11.3 Å². The van der Waals surface area contributed by atoms with Crippen LogP contribution in [0.25, 0.3) is 0 Å². The van der Waals surface area contributed by atoms with Gasteiger partial charge in [0.05, 0.1) is 12.7 Å². The van der Waals surface area contributed by atoms with Gasteiger partial charge in [-0.25, -0.2) is 4.79 Å². The fourth-order valence-corrected chi connectivity index (χ4v) is 2.73. The summed E-state index contributed by atoms with van der Waals surface area (Å²) in [6.07, 6.45) is 0.614. The molecule has 19 heavy (non-hydrogen) atoms. The number of hydrogen-bond acceptors (Lipinski definition) is 5. The van der Waals surface area contributed by atoms with Crippen molar-refractivity contribution in [2.45, 2.75) is 27.2 Å². The first-order chi connectivity index (χ1) is 8.92. The lowest BCUT2D eigenvalue weighted by atomic mass is 10.1. The van der Waals surface area contributed by atoms with Gasteiger partial charge >= 0.3 is 5.97 Å². The summed E-state index contributed by atoms with van der Waals surface area (Å²) in [6.45, 7) is 6.02. The number of nitrogens with one attached hydrogen (secondary N) is 1. The van der Waals surface area contributed by atoms with Crippen molar-refractivity contribution in [2.24, 2.45) is 11.7 Å². The van der Waals surface area contributed by atoms with E-state index in [9.17, 15) is 9.59 Å². The topological polar surface area (TPSA) is 81.4 Å². The highest BCUT2D eigenvalue weighted by molar-refractivity contribution is 7.16. The molecule has 0 fully saturated rings. The second-order valence-electron chi connectivity index (χ2n) is 4.45. The standard InChI is InChI=1S/C13H20N2O3S/c1-7(5-6-14)11(16)15-12-10(13(17)18-4)8(2)9(3)19-12/h7H,5-6,14H2,1-4H3,(H,15,16). The van der Waals surface area contributed by atoms with E-state index < -0.39 is 5.97 Å². The van der Waals surface area contributed by atoms with Crippen molar-refractivity contribution in [3.63, 3.8) is 0 Å². The van der Waals surface area contributed by atoms with E-state index in [1.165, 1.54) is 18.4 Å². The first-order valence-corrected chi connectivity index (χ1v) is 6.93. The van der Waals surface area contributed by atoms with Gasteiger partial charge in [0, 0.05) is 10.8 Å². The summed E-state index contributed by atoms with van der Waals surface area (Å²) in [4.78, 5) is 24.7. The summed E-state index contributed by atoms with van der Waals surface area (Å²) in [5.74, 6) is -0.737. The molecule has 0 saturated carbocycles. The molecule has 0 bridgehead atoms. The van der Waals surface area contributed by atoms with E-state index in [4.69, 9.17) is 10.5 Å². The molecular weight excluding hydrogens is 264 g/mol. The molecule has 0 saturated heterocycles. The summed E-state index contributed by atoms with van der Waals surface area (Å²) < 4.78 is 4.76. The smallest absolute Gasteiger partial charge is 0.341 e. The fraction of sp³-hybridized carbons (Fsp3) is 0.538. The molecule has 0 aromatic carbocycles. The van der Waals surface area contributed by atoms with Crippen LogP contribution in [0.5, 0.6) is 0 Å². The van der Waals surface area contributed by atoms with Crippen molar-refractivity contribution in [1.29, 1.82) is 0 Å². The number of carbonyl (C=O) groups is 2. The SMILES string of the molecule is COC(=O)c1c(NC(=O)C(C)CCN)sc(C)c1C. The maximum Gasteiger partial charge on any atom is 0.341 e. The van der Waals surface area contributed by atoms with Crippen molar-refractivity contribution in [1.82, 2.24) is 0 Å². The van der Waals surface area contributed by atoms with Crippen LogP contribution in [0.3, 0.4) is 0 Å². The molecule has 3 N–H and O–H groups in total. The highest BCUT2D eigenvalue weighted by atomic mass is 32.1. The Kier molecular flexibility index (Phi) is 5.50. The molecule has 1 rings (SSSR count). The highest BCUT2D eigenvalue weighted by Crippen LogP contribution is 2.33. The van der Waals surface area contributed by atoms with Crippen molar-refractivity contribution in [3.8, 4) is 0 Å². The number of hydrogen-bond donors (Lipinski definition) is 2. The van der Waals surface area contributed by atoms with E-state index in [0.29, 0.717) is 23.5 Å². The average molecular weight is 284 g/mol. The Labute approximate surface area is 117 Å². The van der Waals surface area contributed by atoms with Crippen LogP contribution in [0.2, 0.25) is 0 Å². The van der Waals surface area contributed by atoms with Gasteiger partial charge in [0.25, 0.3) is 0 Å². The summed E-state index contributed by atoms with van der Waals surface area (Å²) in [7, 11) is 1.33. The Morgan fingerprint density at radius 3 is 2.58 bits per heavy atom.